The van der Waals surface area contributed by atoms with Crippen LogP contribution in [-0.2, 0) is 19.1 Å². The first kappa shape index (κ1) is 13.9. The average molecular weight is 314 g/mol. The van der Waals surface area contributed by atoms with E-state index in [-0.39, 0.29) is 29.2 Å². The van der Waals surface area contributed by atoms with Gasteiger partial charge in [0.15, 0.2) is 5.78 Å². The number of esters is 1. The lowest BCUT2D eigenvalue weighted by Crippen LogP contribution is -2.53. The lowest BCUT2D eigenvalue weighted by Gasteiger charge is -2.53. The Morgan fingerprint density at radius 1 is 1.09 bits per heavy atom. The van der Waals surface area contributed by atoms with Crippen LogP contribution in [0.15, 0.2) is 11.6 Å². The third-order valence-corrected chi connectivity index (χ3v) is 7.82. The van der Waals surface area contributed by atoms with Gasteiger partial charge in [0.2, 0.25) is 0 Å². The van der Waals surface area contributed by atoms with Crippen LogP contribution in [0.1, 0.15) is 51.9 Å². The van der Waals surface area contributed by atoms with Gasteiger partial charge in [0, 0.05) is 18.3 Å². The minimum absolute atomic E-state index is 0.0957. The number of hydrogen-bond acceptors (Lipinski definition) is 4. The Bertz CT molecular complexity index is 677. The zero-order chi connectivity index (χ0) is 16.0. The molecule has 3 saturated carbocycles. The molecule has 4 aliphatic carbocycles. The number of Topliss-reactive ketones (excluding diaryl/α,β-unsaturated/α-hetero) is 1. The van der Waals surface area contributed by atoms with Gasteiger partial charge in [-0.3, -0.25) is 14.4 Å². The minimum Gasteiger partial charge on any atom is -0.457 e. The normalized spacial score (nSPS) is 50.8. The summed E-state index contributed by atoms with van der Waals surface area (Å²) in [7, 11) is 0. The van der Waals surface area contributed by atoms with E-state index >= 15 is 0 Å². The van der Waals surface area contributed by atoms with Crippen molar-refractivity contribution in [2.75, 3.05) is 0 Å². The molecule has 6 atom stereocenters. The number of rotatable bonds is 0. The Morgan fingerprint density at radius 2 is 1.91 bits per heavy atom. The first-order valence-corrected chi connectivity index (χ1v) is 8.96. The van der Waals surface area contributed by atoms with Gasteiger partial charge in [-0.05, 0) is 61.5 Å². The minimum atomic E-state index is -0.547. The highest BCUT2D eigenvalue weighted by molar-refractivity contribution is 5.97. The van der Waals surface area contributed by atoms with Crippen molar-refractivity contribution in [3.8, 4) is 0 Å². The Labute approximate surface area is 135 Å². The van der Waals surface area contributed by atoms with Crippen LogP contribution in [0.5, 0.6) is 0 Å². The van der Waals surface area contributed by atoms with Gasteiger partial charge in [0.25, 0.3) is 0 Å². The maximum Gasteiger partial charge on any atom is 0.317 e. The first-order valence-electron chi connectivity index (χ1n) is 8.96. The summed E-state index contributed by atoms with van der Waals surface area (Å²) in [4.78, 5) is 37.1. The Balaban J connectivity index is 1.62. The van der Waals surface area contributed by atoms with Crippen LogP contribution in [0.2, 0.25) is 0 Å². The van der Waals surface area contributed by atoms with E-state index in [1.165, 1.54) is 0 Å². The van der Waals surface area contributed by atoms with Gasteiger partial charge in [0.05, 0.1) is 5.41 Å². The molecule has 4 nitrogen and oxygen atoms in total. The highest BCUT2D eigenvalue weighted by atomic mass is 16.6. The largest absolute Gasteiger partial charge is 0.457 e. The number of carbonyl (C=O) groups excluding carboxylic acids is 3. The van der Waals surface area contributed by atoms with Crippen LogP contribution in [0.4, 0.5) is 0 Å². The van der Waals surface area contributed by atoms with Crippen molar-refractivity contribution < 1.29 is 19.1 Å². The van der Waals surface area contributed by atoms with Gasteiger partial charge in [-0.15, -0.1) is 0 Å². The predicted molar refractivity (Wildman–Crippen MR) is 81.3 cm³/mol. The Morgan fingerprint density at radius 3 is 2.74 bits per heavy atom. The molecule has 2 bridgehead atoms. The third-order valence-electron chi connectivity index (χ3n) is 7.82. The number of ether oxygens (including phenoxy) is 1. The van der Waals surface area contributed by atoms with Crippen LogP contribution in [0.3, 0.4) is 0 Å². The monoisotopic (exact) mass is 314 g/mol. The summed E-state index contributed by atoms with van der Waals surface area (Å²) in [6.45, 7) is 2.14. The molecule has 5 aliphatic rings. The lowest BCUT2D eigenvalue weighted by atomic mass is 9.47. The van der Waals surface area contributed by atoms with Crippen molar-refractivity contribution in [1.82, 2.24) is 0 Å². The van der Waals surface area contributed by atoms with E-state index in [2.05, 4.69) is 6.92 Å². The van der Waals surface area contributed by atoms with Crippen molar-refractivity contribution in [1.29, 1.82) is 0 Å². The number of carbonyl (C=O) groups is 3. The van der Waals surface area contributed by atoms with E-state index in [9.17, 15) is 14.4 Å². The van der Waals surface area contributed by atoms with Crippen LogP contribution >= 0.6 is 0 Å². The number of ketones is 2. The molecule has 1 heterocycles. The molecule has 0 aromatic rings. The molecule has 0 N–H and O–H groups in total. The topological polar surface area (TPSA) is 60.4 Å². The molecular formula is C19H22O4. The van der Waals surface area contributed by atoms with Crippen molar-refractivity contribution >= 4 is 17.5 Å². The maximum atomic E-state index is 12.8. The highest BCUT2D eigenvalue weighted by Crippen LogP contribution is 2.67. The number of fused-ring (bicyclic) bond motifs is 3. The van der Waals surface area contributed by atoms with Crippen molar-refractivity contribution in [3.05, 3.63) is 11.6 Å². The van der Waals surface area contributed by atoms with Crippen molar-refractivity contribution in [2.45, 2.75) is 58.0 Å². The maximum absolute atomic E-state index is 12.8. The fourth-order valence-electron chi connectivity index (χ4n) is 6.71. The molecule has 122 valence electrons. The molecule has 23 heavy (non-hydrogen) atoms. The van der Waals surface area contributed by atoms with Crippen LogP contribution < -0.4 is 0 Å². The molecular weight excluding hydrogens is 292 g/mol. The van der Waals surface area contributed by atoms with Gasteiger partial charge in [-0.1, -0.05) is 6.92 Å². The molecule has 0 amide bonds. The molecule has 1 saturated heterocycles. The Kier molecular flexibility index (Phi) is 2.51. The van der Waals surface area contributed by atoms with E-state index < -0.39 is 5.41 Å². The molecule has 0 spiro atoms. The summed E-state index contributed by atoms with van der Waals surface area (Å²) in [6.07, 6.45) is 6.83. The second-order valence-electron chi connectivity index (χ2n) is 8.46. The van der Waals surface area contributed by atoms with E-state index in [1.54, 1.807) is 6.08 Å². The van der Waals surface area contributed by atoms with Crippen LogP contribution in [-0.4, -0.2) is 23.6 Å². The van der Waals surface area contributed by atoms with Gasteiger partial charge in [-0.25, -0.2) is 0 Å². The highest BCUT2D eigenvalue weighted by Gasteiger charge is 2.68. The van der Waals surface area contributed by atoms with E-state index in [0.29, 0.717) is 36.9 Å². The molecule has 5 rings (SSSR count). The fraction of sp³-hybridized carbons (Fsp3) is 0.737. The van der Waals surface area contributed by atoms with Gasteiger partial charge < -0.3 is 4.74 Å². The van der Waals surface area contributed by atoms with Crippen LogP contribution in [0.25, 0.3) is 0 Å². The van der Waals surface area contributed by atoms with E-state index in [4.69, 9.17) is 4.74 Å². The summed E-state index contributed by atoms with van der Waals surface area (Å²) < 4.78 is 5.73. The average Bonchev–Trinajstić information content (AvgIpc) is 2.92. The summed E-state index contributed by atoms with van der Waals surface area (Å²) in [6, 6.07) is 0. The smallest absolute Gasteiger partial charge is 0.317 e. The SMILES string of the molecule is C[C@]12CC[C@H]3[C@@H](C[C@H]4OC(=O)[C@@]35CCC(=O)C=C45)[C@@H]1CCC2=O. The summed E-state index contributed by atoms with van der Waals surface area (Å²) in [5, 5.41) is 0. The molecule has 4 fully saturated rings. The fourth-order valence-corrected chi connectivity index (χ4v) is 6.71. The molecule has 0 aromatic heterocycles. The Hall–Kier alpha value is -1.45. The first-order chi connectivity index (χ1) is 11.0. The summed E-state index contributed by atoms with van der Waals surface area (Å²) in [5.74, 6) is 1.50. The molecule has 4 heteroatoms. The van der Waals surface area contributed by atoms with Gasteiger partial charge in [-0.2, -0.15) is 0 Å². The molecule has 1 aliphatic heterocycles. The number of hydrogen-bond donors (Lipinski definition) is 0. The molecule has 0 radical (unpaired) electrons. The summed E-state index contributed by atoms with van der Waals surface area (Å²) >= 11 is 0. The summed E-state index contributed by atoms with van der Waals surface area (Å²) in [5.41, 5.74) is 0.230. The molecule has 0 unspecified atom stereocenters. The standard InChI is InChI=1S/C19H22O4/c1-18-6-5-13-11(12(18)2-3-16(18)21)9-15-14-8-10(20)4-7-19(13,14)17(22)23-15/h8,11-13,15H,2-7,9H2,1H3/t11-,12-,13-,15+,18-,19-/m0/s1. The van der Waals surface area contributed by atoms with E-state index in [0.717, 1.165) is 31.3 Å². The van der Waals surface area contributed by atoms with E-state index in [1.807, 2.05) is 0 Å². The van der Waals surface area contributed by atoms with Crippen molar-refractivity contribution in [3.63, 3.8) is 0 Å². The van der Waals surface area contributed by atoms with Crippen molar-refractivity contribution in [2.24, 2.45) is 28.6 Å². The second-order valence-corrected chi connectivity index (χ2v) is 8.46. The zero-order valence-electron chi connectivity index (χ0n) is 13.5. The predicted octanol–water partition coefficient (Wildman–Crippen LogP) is 2.60. The zero-order valence-corrected chi connectivity index (χ0v) is 13.5. The molecule has 0 aromatic carbocycles. The third kappa shape index (κ3) is 1.46. The van der Waals surface area contributed by atoms with Crippen LogP contribution in [0, 0.1) is 28.6 Å². The van der Waals surface area contributed by atoms with Gasteiger partial charge in [0.1, 0.15) is 11.9 Å². The lowest BCUT2D eigenvalue weighted by molar-refractivity contribution is -0.151. The quantitative estimate of drug-likeness (QED) is 0.645. The van der Waals surface area contributed by atoms with Gasteiger partial charge >= 0.3 is 5.97 Å². The second kappa shape index (κ2) is 4.14.